The fourth-order valence-corrected chi connectivity index (χ4v) is 4.48. The number of halogens is 5. The Labute approximate surface area is 181 Å². The second-order valence-electron chi connectivity index (χ2n) is 8.52. The lowest BCUT2D eigenvalue weighted by Crippen LogP contribution is -2.15. The summed E-state index contributed by atoms with van der Waals surface area (Å²) in [4.78, 5) is 0. The fourth-order valence-electron chi connectivity index (χ4n) is 4.48. The van der Waals surface area contributed by atoms with Crippen LogP contribution in [0.1, 0.15) is 56.1 Å². The fraction of sp³-hybridized carbons (Fsp3) is 0.462. The van der Waals surface area contributed by atoms with Crippen LogP contribution >= 0.6 is 0 Å². The maximum absolute atomic E-state index is 13.8. The summed E-state index contributed by atoms with van der Waals surface area (Å²) in [6, 6.07) is 10.7. The first-order valence-corrected chi connectivity index (χ1v) is 11.0. The standard InChI is InChI=1S/C26H29F5/c27-17-3-1-2-4-19-5-7-20(8-6-19)9-10-21-11-13-22(14-12-21)23-15-16-24(25(28)18-23)26(29,30)31/h1,3,11-16,18-20H,2,4-10,17H2/b3-1+. The summed E-state index contributed by atoms with van der Waals surface area (Å²) in [5, 5.41) is 0. The van der Waals surface area contributed by atoms with Crippen molar-refractivity contribution in [3.05, 3.63) is 71.6 Å². The highest BCUT2D eigenvalue weighted by molar-refractivity contribution is 5.64. The van der Waals surface area contributed by atoms with Gasteiger partial charge in [0.05, 0.1) is 5.56 Å². The van der Waals surface area contributed by atoms with E-state index in [1.165, 1.54) is 37.3 Å². The Morgan fingerprint density at radius 2 is 1.42 bits per heavy atom. The number of alkyl halides is 4. The molecule has 3 rings (SSSR count). The molecule has 0 bridgehead atoms. The highest BCUT2D eigenvalue weighted by atomic mass is 19.4. The van der Waals surface area contributed by atoms with Gasteiger partial charge in [-0.25, -0.2) is 8.78 Å². The monoisotopic (exact) mass is 436 g/mol. The lowest BCUT2D eigenvalue weighted by molar-refractivity contribution is -0.139. The van der Waals surface area contributed by atoms with Crippen molar-refractivity contribution in [2.45, 2.75) is 57.5 Å². The SMILES string of the molecule is FC/C=C/CCC1CCC(CCc2ccc(-c3ccc(C(F)(F)F)c(F)c3)cc2)CC1. The van der Waals surface area contributed by atoms with E-state index in [0.717, 1.165) is 49.7 Å². The number of hydrogen-bond acceptors (Lipinski definition) is 0. The minimum atomic E-state index is -4.68. The highest BCUT2D eigenvalue weighted by Crippen LogP contribution is 2.35. The summed E-state index contributed by atoms with van der Waals surface area (Å²) < 4.78 is 64.1. The third-order valence-electron chi connectivity index (χ3n) is 6.37. The maximum atomic E-state index is 13.8. The van der Waals surface area contributed by atoms with E-state index in [2.05, 4.69) is 0 Å². The Kier molecular flexibility index (Phi) is 8.28. The molecule has 0 spiro atoms. The Morgan fingerprint density at radius 1 is 0.806 bits per heavy atom. The van der Waals surface area contributed by atoms with Crippen LogP contribution in [-0.2, 0) is 12.6 Å². The van der Waals surface area contributed by atoms with Gasteiger partial charge in [-0.2, -0.15) is 13.2 Å². The van der Waals surface area contributed by atoms with E-state index >= 15 is 0 Å². The number of hydrogen-bond donors (Lipinski definition) is 0. The maximum Gasteiger partial charge on any atom is 0.419 e. The molecule has 2 aromatic rings. The molecule has 0 N–H and O–H groups in total. The van der Waals surface area contributed by atoms with Crippen molar-refractivity contribution >= 4 is 0 Å². The predicted molar refractivity (Wildman–Crippen MR) is 115 cm³/mol. The van der Waals surface area contributed by atoms with Crippen LogP contribution in [-0.4, -0.2) is 6.67 Å². The van der Waals surface area contributed by atoms with Crippen LogP contribution < -0.4 is 0 Å². The summed E-state index contributed by atoms with van der Waals surface area (Å²) in [5.41, 5.74) is 1.10. The Hall–Kier alpha value is -2.17. The van der Waals surface area contributed by atoms with E-state index in [1.54, 1.807) is 6.08 Å². The normalized spacial score (nSPS) is 19.8. The van der Waals surface area contributed by atoms with Gasteiger partial charge in [-0.05, 0) is 66.3 Å². The average Bonchev–Trinajstić information content (AvgIpc) is 2.75. The van der Waals surface area contributed by atoms with Crippen LogP contribution in [0.25, 0.3) is 11.1 Å². The van der Waals surface area contributed by atoms with Crippen molar-refractivity contribution in [3.63, 3.8) is 0 Å². The molecular weight excluding hydrogens is 407 g/mol. The van der Waals surface area contributed by atoms with Crippen LogP contribution in [0, 0.1) is 17.7 Å². The van der Waals surface area contributed by atoms with E-state index in [-0.39, 0.29) is 6.67 Å². The largest absolute Gasteiger partial charge is 0.419 e. The van der Waals surface area contributed by atoms with Crippen molar-refractivity contribution in [3.8, 4) is 11.1 Å². The molecule has 0 atom stereocenters. The molecule has 0 nitrogen and oxygen atoms in total. The van der Waals surface area contributed by atoms with Gasteiger partial charge in [-0.15, -0.1) is 0 Å². The van der Waals surface area contributed by atoms with Crippen LogP contribution in [0.15, 0.2) is 54.6 Å². The quantitative estimate of drug-likeness (QED) is 0.287. The van der Waals surface area contributed by atoms with Gasteiger partial charge in [0, 0.05) is 0 Å². The zero-order valence-corrected chi connectivity index (χ0v) is 17.6. The molecule has 1 aliphatic rings. The van der Waals surface area contributed by atoms with Gasteiger partial charge in [0.2, 0.25) is 0 Å². The Balaban J connectivity index is 1.47. The molecule has 0 unspecified atom stereocenters. The molecule has 0 amide bonds. The van der Waals surface area contributed by atoms with Crippen molar-refractivity contribution in [2.75, 3.05) is 6.67 Å². The first-order valence-electron chi connectivity index (χ1n) is 11.0. The molecular formula is C26H29F5. The molecule has 0 aliphatic heterocycles. The smallest absolute Gasteiger partial charge is 0.247 e. The van der Waals surface area contributed by atoms with Gasteiger partial charge in [-0.1, -0.05) is 68.2 Å². The summed E-state index contributed by atoms with van der Waals surface area (Å²) >= 11 is 0. The zero-order chi connectivity index (χ0) is 22.3. The summed E-state index contributed by atoms with van der Waals surface area (Å²) in [7, 11) is 0. The average molecular weight is 437 g/mol. The van der Waals surface area contributed by atoms with Crippen LogP contribution in [0.4, 0.5) is 22.0 Å². The summed E-state index contributed by atoms with van der Waals surface area (Å²) in [6.07, 6.45) is 8.01. The number of aryl methyl sites for hydroxylation is 1. The van der Waals surface area contributed by atoms with E-state index < -0.39 is 17.6 Å². The molecule has 0 heterocycles. The summed E-state index contributed by atoms with van der Waals surface area (Å²) in [6.45, 7) is -0.380. The first kappa shape index (κ1) is 23.5. The predicted octanol–water partition coefficient (Wildman–Crippen LogP) is 8.56. The molecule has 1 aliphatic carbocycles. The van der Waals surface area contributed by atoms with Gasteiger partial charge in [0.1, 0.15) is 12.5 Å². The molecule has 31 heavy (non-hydrogen) atoms. The molecule has 1 saturated carbocycles. The minimum Gasteiger partial charge on any atom is -0.247 e. The molecule has 2 aromatic carbocycles. The van der Waals surface area contributed by atoms with Crippen molar-refractivity contribution in [1.82, 2.24) is 0 Å². The van der Waals surface area contributed by atoms with Gasteiger partial charge < -0.3 is 0 Å². The van der Waals surface area contributed by atoms with Gasteiger partial charge in [-0.3, -0.25) is 0 Å². The Bertz CT molecular complexity index is 843. The van der Waals surface area contributed by atoms with E-state index in [1.807, 2.05) is 30.3 Å². The van der Waals surface area contributed by atoms with Gasteiger partial charge >= 0.3 is 6.18 Å². The van der Waals surface area contributed by atoms with Crippen LogP contribution in [0.2, 0.25) is 0 Å². The summed E-state index contributed by atoms with van der Waals surface area (Å²) in [5.74, 6) is 0.230. The molecule has 0 aromatic heterocycles. The van der Waals surface area contributed by atoms with E-state index in [9.17, 15) is 22.0 Å². The lowest BCUT2D eigenvalue weighted by atomic mass is 9.78. The molecule has 5 heteroatoms. The minimum absolute atomic E-state index is 0.380. The molecule has 0 radical (unpaired) electrons. The van der Waals surface area contributed by atoms with Crippen LogP contribution in [0.5, 0.6) is 0 Å². The molecule has 168 valence electrons. The molecule has 1 fully saturated rings. The number of rotatable bonds is 8. The number of allylic oxidation sites excluding steroid dienone is 2. The second-order valence-corrected chi connectivity index (χ2v) is 8.52. The van der Waals surface area contributed by atoms with Gasteiger partial charge in [0.15, 0.2) is 0 Å². The van der Waals surface area contributed by atoms with Crippen LogP contribution in [0.3, 0.4) is 0 Å². The van der Waals surface area contributed by atoms with E-state index in [0.29, 0.717) is 11.1 Å². The van der Waals surface area contributed by atoms with Crippen molar-refractivity contribution in [1.29, 1.82) is 0 Å². The Morgan fingerprint density at radius 3 is 2.00 bits per heavy atom. The lowest BCUT2D eigenvalue weighted by Gasteiger charge is -2.28. The second kappa shape index (κ2) is 10.9. The molecule has 0 saturated heterocycles. The third kappa shape index (κ3) is 6.91. The topological polar surface area (TPSA) is 0 Å². The van der Waals surface area contributed by atoms with E-state index in [4.69, 9.17) is 0 Å². The number of benzene rings is 2. The first-order chi connectivity index (χ1) is 14.9. The van der Waals surface area contributed by atoms with Crippen molar-refractivity contribution < 1.29 is 22.0 Å². The zero-order valence-electron chi connectivity index (χ0n) is 17.6. The highest BCUT2D eigenvalue weighted by Gasteiger charge is 2.33. The van der Waals surface area contributed by atoms with Gasteiger partial charge in [0.25, 0.3) is 0 Å². The third-order valence-corrected chi connectivity index (χ3v) is 6.37. The van der Waals surface area contributed by atoms with Crippen molar-refractivity contribution in [2.24, 2.45) is 11.8 Å².